The van der Waals surface area contributed by atoms with Gasteiger partial charge in [-0.15, -0.1) is 0 Å². The second kappa shape index (κ2) is 5.08. The molecule has 4 aliphatic rings. The predicted molar refractivity (Wildman–Crippen MR) is 81.8 cm³/mol. The summed E-state index contributed by atoms with van der Waals surface area (Å²) < 4.78 is 0. The van der Waals surface area contributed by atoms with Gasteiger partial charge in [0.25, 0.3) is 0 Å². The van der Waals surface area contributed by atoms with Crippen LogP contribution >= 0.6 is 0 Å². The van der Waals surface area contributed by atoms with Gasteiger partial charge >= 0.3 is 0 Å². The highest BCUT2D eigenvalue weighted by molar-refractivity contribution is 5.22. The first-order valence-electron chi connectivity index (χ1n) is 8.38. The third kappa shape index (κ3) is 2.41. The lowest BCUT2D eigenvalue weighted by Crippen LogP contribution is -2.66. The number of aliphatic hydroxyl groups is 2. The Morgan fingerprint density at radius 2 is 1.76 bits per heavy atom. The number of piperidine rings is 2. The number of benzene rings is 1. The monoisotopic (exact) mass is 287 g/mol. The molecule has 3 nitrogen and oxygen atoms in total. The zero-order valence-corrected chi connectivity index (χ0v) is 12.5. The Labute approximate surface area is 126 Å². The summed E-state index contributed by atoms with van der Waals surface area (Å²) in [5.41, 5.74) is 0.225. The molecule has 0 radical (unpaired) electrons. The minimum Gasteiger partial charge on any atom is -0.388 e. The van der Waals surface area contributed by atoms with E-state index in [9.17, 15) is 10.2 Å². The quantitative estimate of drug-likeness (QED) is 0.894. The lowest BCUT2D eigenvalue weighted by Gasteiger charge is -2.57. The number of hydrogen-bond donors (Lipinski definition) is 2. The van der Waals surface area contributed by atoms with E-state index < -0.39 is 11.7 Å². The van der Waals surface area contributed by atoms with Crippen molar-refractivity contribution in [1.82, 2.24) is 4.90 Å². The summed E-state index contributed by atoms with van der Waals surface area (Å²) in [4.78, 5) is 2.45. The van der Waals surface area contributed by atoms with E-state index in [1.807, 2.05) is 30.3 Å². The highest BCUT2D eigenvalue weighted by Gasteiger charge is 2.54. The van der Waals surface area contributed by atoms with E-state index in [1.54, 1.807) is 0 Å². The van der Waals surface area contributed by atoms with Crippen molar-refractivity contribution in [2.24, 2.45) is 5.92 Å². The molecule has 2 saturated carbocycles. The smallest absolute Gasteiger partial charge is 0.0973 e. The van der Waals surface area contributed by atoms with Gasteiger partial charge in [-0.2, -0.15) is 0 Å². The maximum absolute atomic E-state index is 11.1. The van der Waals surface area contributed by atoms with Gasteiger partial charge in [-0.1, -0.05) is 30.3 Å². The average molecular weight is 287 g/mol. The van der Waals surface area contributed by atoms with Crippen molar-refractivity contribution >= 4 is 0 Å². The zero-order valence-electron chi connectivity index (χ0n) is 12.5. The van der Waals surface area contributed by atoms with Crippen LogP contribution in [0.5, 0.6) is 0 Å². The van der Waals surface area contributed by atoms with Crippen LogP contribution in [0.2, 0.25) is 0 Å². The maximum atomic E-state index is 11.1. The number of aliphatic hydroxyl groups excluding tert-OH is 1. The maximum Gasteiger partial charge on any atom is 0.0973 e. The Kier molecular flexibility index (Phi) is 3.32. The predicted octanol–water partition coefficient (Wildman–Crippen LogP) is 2.49. The van der Waals surface area contributed by atoms with Crippen molar-refractivity contribution in [3.05, 3.63) is 35.9 Å². The minimum atomic E-state index is -0.709. The van der Waals surface area contributed by atoms with Gasteiger partial charge in [-0.25, -0.2) is 0 Å². The molecule has 0 unspecified atom stereocenters. The van der Waals surface area contributed by atoms with Crippen LogP contribution < -0.4 is 0 Å². The van der Waals surface area contributed by atoms with Crippen LogP contribution in [0.1, 0.15) is 50.2 Å². The Bertz CT molecular complexity index is 491. The van der Waals surface area contributed by atoms with Gasteiger partial charge in [-0.3, -0.25) is 4.90 Å². The summed E-state index contributed by atoms with van der Waals surface area (Å²) in [7, 11) is 0. The van der Waals surface area contributed by atoms with E-state index >= 15 is 0 Å². The Morgan fingerprint density at radius 3 is 2.38 bits per heavy atom. The molecule has 0 spiro atoms. The van der Waals surface area contributed by atoms with Crippen molar-refractivity contribution in [2.75, 3.05) is 6.54 Å². The second-order valence-electron chi connectivity index (χ2n) is 7.28. The van der Waals surface area contributed by atoms with Crippen molar-refractivity contribution in [3.8, 4) is 0 Å². The van der Waals surface area contributed by atoms with Gasteiger partial charge in [0.15, 0.2) is 0 Å². The van der Waals surface area contributed by atoms with Crippen LogP contribution in [0.25, 0.3) is 0 Å². The van der Waals surface area contributed by atoms with Crippen LogP contribution in [-0.2, 0) is 0 Å². The van der Waals surface area contributed by atoms with Crippen LogP contribution in [0.3, 0.4) is 0 Å². The number of rotatable bonds is 4. The normalized spacial score (nSPS) is 37.6. The van der Waals surface area contributed by atoms with Gasteiger partial charge in [0, 0.05) is 12.6 Å². The summed E-state index contributed by atoms with van der Waals surface area (Å²) in [6.45, 7) is 1.06. The molecule has 5 rings (SSSR count). The molecule has 1 aromatic carbocycles. The third-order valence-electron chi connectivity index (χ3n) is 5.80. The number of hydrogen-bond acceptors (Lipinski definition) is 3. The van der Waals surface area contributed by atoms with Gasteiger partial charge < -0.3 is 10.2 Å². The molecule has 1 aromatic rings. The molecular formula is C18H25NO2. The van der Waals surface area contributed by atoms with Crippen LogP contribution in [0.15, 0.2) is 30.3 Å². The van der Waals surface area contributed by atoms with E-state index in [1.165, 1.54) is 12.8 Å². The van der Waals surface area contributed by atoms with E-state index in [-0.39, 0.29) is 6.04 Å². The lowest BCUT2D eigenvalue weighted by atomic mass is 9.68. The highest BCUT2D eigenvalue weighted by Crippen LogP contribution is 2.48. The summed E-state index contributed by atoms with van der Waals surface area (Å²) in [5, 5.41) is 22.0. The molecule has 2 N–H and O–H groups in total. The largest absolute Gasteiger partial charge is 0.388 e. The van der Waals surface area contributed by atoms with Gasteiger partial charge in [0.1, 0.15) is 0 Å². The molecule has 2 bridgehead atoms. The van der Waals surface area contributed by atoms with E-state index in [4.69, 9.17) is 0 Å². The Balaban J connectivity index is 1.65. The van der Waals surface area contributed by atoms with Crippen molar-refractivity contribution in [3.63, 3.8) is 0 Å². The molecule has 2 aliphatic heterocycles. The Hall–Kier alpha value is -0.900. The third-order valence-corrected chi connectivity index (χ3v) is 5.80. The second-order valence-corrected chi connectivity index (χ2v) is 7.28. The molecule has 2 aliphatic carbocycles. The fourth-order valence-corrected chi connectivity index (χ4v) is 4.43. The van der Waals surface area contributed by atoms with E-state index in [0.717, 1.165) is 43.7 Å². The van der Waals surface area contributed by atoms with Gasteiger partial charge in [0.05, 0.1) is 17.7 Å². The zero-order chi connectivity index (χ0) is 14.4. The molecule has 4 fully saturated rings. The lowest BCUT2D eigenvalue weighted by molar-refractivity contribution is -0.178. The summed E-state index contributed by atoms with van der Waals surface area (Å²) in [5.74, 6) is 0.790. The highest BCUT2D eigenvalue weighted by atomic mass is 16.3. The van der Waals surface area contributed by atoms with Crippen molar-refractivity contribution < 1.29 is 10.2 Å². The van der Waals surface area contributed by atoms with E-state index in [2.05, 4.69) is 4.90 Å². The summed E-state index contributed by atoms with van der Waals surface area (Å²) in [6, 6.07) is 10.3. The molecule has 2 saturated heterocycles. The summed E-state index contributed by atoms with van der Waals surface area (Å²) in [6.07, 6.45) is 5.90. The van der Waals surface area contributed by atoms with Crippen molar-refractivity contribution in [1.29, 1.82) is 0 Å². The van der Waals surface area contributed by atoms with Crippen LogP contribution in [0.4, 0.5) is 0 Å². The fourth-order valence-electron chi connectivity index (χ4n) is 4.43. The molecule has 3 heteroatoms. The first-order valence-corrected chi connectivity index (χ1v) is 8.38. The number of nitrogens with zero attached hydrogens (tertiary/aromatic N) is 1. The van der Waals surface area contributed by atoms with Gasteiger partial charge in [-0.05, 0) is 50.0 Å². The molecule has 2 atom stereocenters. The first kappa shape index (κ1) is 13.7. The molecule has 114 valence electrons. The van der Waals surface area contributed by atoms with Crippen LogP contribution in [-0.4, -0.2) is 39.3 Å². The Morgan fingerprint density at radius 1 is 1.10 bits per heavy atom. The van der Waals surface area contributed by atoms with Gasteiger partial charge in [0.2, 0.25) is 0 Å². The molecule has 0 amide bonds. The van der Waals surface area contributed by atoms with E-state index in [0.29, 0.717) is 6.04 Å². The molecule has 0 aromatic heterocycles. The summed E-state index contributed by atoms with van der Waals surface area (Å²) >= 11 is 0. The molecule has 2 heterocycles. The van der Waals surface area contributed by atoms with Crippen LogP contribution in [0, 0.1) is 5.92 Å². The standard InChI is InChI=1S/C18H25NO2/c20-16(14-4-2-1-3-5-14)17-18(21)10-8-15(9-11-18)19(17)12-13-6-7-13/h1-5,13,15-17,20-21H,6-12H2/t15?,16-,17-,18?/m0/s1. The first-order chi connectivity index (χ1) is 10.2. The molecule has 21 heavy (non-hydrogen) atoms. The topological polar surface area (TPSA) is 43.7 Å². The van der Waals surface area contributed by atoms with Crippen molar-refractivity contribution in [2.45, 2.75) is 62.3 Å². The molecular weight excluding hydrogens is 262 g/mol. The average Bonchev–Trinajstić information content (AvgIpc) is 3.32. The SMILES string of the molecule is O[C@@H](c1ccccc1)[C@@H]1N(CC2CC2)C2CCC1(O)CC2. The number of fused-ring (bicyclic) bond motifs is 3. The fraction of sp³-hybridized carbons (Fsp3) is 0.667. The minimum absolute atomic E-state index is 0.131.